The lowest BCUT2D eigenvalue weighted by atomic mass is 10.1. The van der Waals surface area contributed by atoms with E-state index in [0.717, 1.165) is 63.8 Å². The first kappa shape index (κ1) is 17.5. The molecule has 1 aromatic heterocycles. The number of ether oxygens (including phenoxy) is 1. The highest BCUT2D eigenvalue weighted by molar-refractivity contribution is 5.97. The van der Waals surface area contributed by atoms with Crippen molar-refractivity contribution in [3.05, 3.63) is 17.2 Å². The normalized spacial score (nSPS) is 23.0. The maximum atomic E-state index is 12.7. The van der Waals surface area contributed by atoms with Crippen LogP contribution in [0, 0.1) is 0 Å². The van der Waals surface area contributed by atoms with Gasteiger partial charge in [-0.2, -0.15) is 0 Å². The van der Waals surface area contributed by atoms with E-state index in [1.54, 1.807) is 0 Å². The Morgan fingerprint density at radius 1 is 1.08 bits per heavy atom. The molecule has 3 aliphatic rings. The molecule has 1 saturated carbocycles. The molecule has 142 valence electrons. The van der Waals surface area contributed by atoms with E-state index in [-0.39, 0.29) is 24.0 Å². The summed E-state index contributed by atoms with van der Waals surface area (Å²) >= 11 is 0. The Morgan fingerprint density at radius 3 is 2.69 bits per heavy atom. The van der Waals surface area contributed by atoms with E-state index in [1.165, 1.54) is 12.8 Å². The maximum absolute atomic E-state index is 12.7. The van der Waals surface area contributed by atoms with Crippen molar-refractivity contribution in [1.82, 2.24) is 20.2 Å². The molecule has 2 N–H and O–H groups in total. The van der Waals surface area contributed by atoms with Crippen molar-refractivity contribution in [3.63, 3.8) is 0 Å². The van der Waals surface area contributed by atoms with E-state index in [9.17, 15) is 9.59 Å². The molecule has 0 aromatic carbocycles. The molecule has 1 aliphatic carbocycles. The summed E-state index contributed by atoms with van der Waals surface area (Å²) < 4.78 is 7.51. The van der Waals surface area contributed by atoms with Crippen LogP contribution in [0.3, 0.4) is 0 Å². The third-order valence-electron chi connectivity index (χ3n) is 5.74. The van der Waals surface area contributed by atoms with E-state index in [4.69, 9.17) is 4.74 Å². The topological polar surface area (TPSA) is 85.2 Å². The number of nitrogens with one attached hydrogen (secondary N) is 2. The van der Waals surface area contributed by atoms with Crippen molar-refractivity contribution in [2.24, 2.45) is 0 Å². The highest BCUT2D eigenvalue weighted by Gasteiger charge is 2.29. The van der Waals surface area contributed by atoms with Crippen molar-refractivity contribution in [2.45, 2.75) is 76.5 Å². The molecular weight excluding hydrogens is 332 g/mol. The van der Waals surface area contributed by atoms with Gasteiger partial charge in [-0.05, 0) is 44.9 Å². The SMILES string of the molecule is O=C(NC1CCCC1)c1nc(C(=O)NCC2CCCO2)n2c1CCCC2. The Morgan fingerprint density at radius 2 is 1.92 bits per heavy atom. The second kappa shape index (κ2) is 7.78. The number of carbonyl (C=O) groups excluding carboxylic acids is 2. The monoisotopic (exact) mass is 360 g/mol. The summed E-state index contributed by atoms with van der Waals surface area (Å²) in [6, 6.07) is 0.250. The second-order valence-electron chi connectivity index (χ2n) is 7.64. The molecule has 7 heteroatoms. The highest BCUT2D eigenvalue weighted by atomic mass is 16.5. The predicted octanol–water partition coefficient (Wildman–Crippen LogP) is 1.80. The standard InChI is InChI=1S/C19H28N4O3/c24-18(21-13-6-1-2-7-13)16-15-9-3-4-10-23(15)17(22-16)19(25)20-12-14-8-5-11-26-14/h13-14H,1-12H2,(H,20,25)(H,21,24). The molecule has 1 atom stereocenters. The molecule has 3 heterocycles. The van der Waals surface area contributed by atoms with Crippen molar-refractivity contribution in [1.29, 1.82) is 0 Å². The molecule has 2 fully saturated rings. The summed E-state index contributed by atoms with van der Waals surface area (Å²) in [6.45, 7) is 2.02. The average Bonchev–Trinajstić information content (AvgIpc) is 3.40. The summed E-state index contributed by atoms with van der Waals surface area (Å²) in [5, 5.41) is 6.05. The summed E-state index contributed by atoms with van der Waals surface area (Å²) in [5.41, 5.74) is 1.35. The van der Waals surface area contributed by atoms with Gasteiger partial charge in [-0.1, -0.05) is 12.8 Å². The fraction of sp³-hybridized carbons (Fsp3) is 0.737. The van der Waals surface area contributed by atoms with Crippen LogP contribution in [0.15, 0.2) is 0 Å². The van der Waals surface area contributed by atoms with Crippen LogP contribution in [0.25, 0.3) is 0 Å². The largest absolute Gasteiger partial charge is 0.376 e. The van der Waals surface area contributed by atoms with Crippen LogP contribution in [0.5, 0.6) is 0 Å². The number of aromatic nitrogens is 2. The van der Waals surface area contributed by atoms with Gasteiger partial charge in [0.15, 0.2) is 5.82 Å². The molecule has 7 nitrogen and oxygen atoms in total. The van der Waals surface area contributed by atoms with Gasteiger partial charge in [-0.25, -0.2) is 4.98 Å². The van der Waals surface area contributed by atoms with Crippen LogP contribution in [-0.2, 0) is 17.7 Å². The van der Waals surface area contributed by atoms with Gasteiger partial charge in [-0.15, -0.1) is 0 Å². The highest BCUT2D eigenvalue weighted by Crippen LogP contribution is 2.23. The van der Waals surface area contributed by atoms with Crippen molar-refractivity contribution in [2.75, 3.05) is 13.2 Å². The van der Waals surface area contributed by atoms with Crippen molar-refractivity contribution in [3.8, 4) is 0 Å². The molecule has 26 heavy (non-hydrogen) atoms. The third-order valence-corrected chi connectivity index (χ3v) is 5.74. The molecule has 1 aromatic rings. The van der Waals surface area contributed by atoms with Gasteiger partial charge in [0.2, 0.25) is 0 Å². The summed E-state index contributed by atoms with van der Waals surface area (Å²) in [7, 11) is 0. The quantitative estimate of drug-likeness (QED) is 0.838. The average molecular weight is 360 g/mol. The van der Waals surface area contributed by atoms with Crippen molar-refractivity contribution < 1.29 is 14.3 Å². The smallest absolute Gasteiger partial charge is 0.287 e. The molecule has 2 amide bonds. The lowest BCUT2D eigenvalue weighted by Gasteiger charge is -2.18. The zero-order valence-corrected chi connectivity index (χ0v) is 15.3. The lowest BCUT2D eigenvalue weighted by Crippen LogP contribution is -2.34. The number of carbonyl (C=O) groups is 2. The first-order valence-electron chi connectivity index (χ1n) is 10.0. The van der Waals surface area contributed by atoms with Crippen LogP contribution in [0.4, 0.5) is 0 Å². The number of hydrogen-bond donors (Lipinski definition) is 2. The molecule has 1 unspecified atom stereocenters. The summed E-state index contributed by atoms with van der Waals surface area (Å²) in [4.78, 5) is 29.9. The Hall–Kier alpha value is -1.89. The molecule has 0 radical (unpaired) electrons. The van der Waals surface area contributed by atoms with Crippen LogP contribution in [0.1, 0.15) is 78.2 Å². The molecule has 4 rings (SSSR count). The lowest BCUT2D eigenvalue weighted by molar-refractivity contribution is 0.0845. The van der Waals surface area contributed by atoms with Gasteiger partial charge in [0, 0.05) is 25.7 Å². The zero-order valence-electron chi connectivity index (χ0n) is 15.3. The molecule has 0 bridgehead atoms. The predicted molar refractivity (Wildman–Crippen MR) is 96.2 cm³/mol. The second-order valence-corrected chi connectivity index (χ2v) is 7.64. The van der Waals surface area contributed by atoms with Gasteiger partial charge in [0.25, 0.3) is 11.8 Å². The minimum Gasteiger partial charge on any atom is -0.376 e. The number of nitrogens with zero attached hydrogens (tertiary/aromatic N) is 2. The van der Waals surface area contributed by atoms with Gasteiger partial charge < -0.3 is 19.9 Å². The number of hydrogen-bond acceptors (Lipinski definition) is 4. The van der Waals surface area contributed by atoms with Crippen LogP contribution >= 0.6 is 0 Å². The van der Waals surface area contributed by atoms with E-state index in [0.29, 0.717) is 18.1 Å². The number of fused-ring (bicyclic) bond motifs is 1. The van der Waals surface area contributed by atoms with Gasteiger partial charge in [0.1, 0.15) is 5.69 Å². The van der Waals surface area contributed by atoms with E-state index >= 15 is 0 Å². The Bertz CT molecular complexity index is 673. The maximum Gasteiger partial charge on any atom is 0.287 e. The number of amides is 2. The Labute approximate surface area is 153 Å². The van der Waals surface area contributed by atoms with E-state index < -0.39 is 0 Å². The summed E-state index contributed by atoms with van der Waals surface area (Å²) in [6.07, 6.45) is 9.39. The van der Waals surface area contributed by atoms with Crippen LogP contribution in [-0.4, -0.2) is 46.7 Å². The number of rotatable bonds is 5. The molecule has 0 spiro atoms. The van der Waals surface area contributed by atoms with Crippen LogP contribution < -0.4 is 10.6 Å². The van der Waals surface area contributed by atoms with Gasteiger partial charge in [-0.3, -0.25) is 9.59 Å². The van der Waals surface area contributed by atoms with Crippen LogP contribution in [0.2, 0.25) is 0 Å². The third kappa shape index (κ3) is 3.63. The molecule has 1 saturated heterocycles. The van der Waals surface area contributed by atoms with Gasteiger partial charge >= 0.3 is 0 Å². The number of imidazole rings is 1. The minimum atomic E-state index is -0.205. The fourth-order valence-corrected chi connectivity index (χ4v) is 4.31. The van der Waals surface area contributed by atoms with E-state index in [2.05, 4.69) is 15.6 Å². The molecule has 2 aliphatic heterocycles. The van der Waals surface area contributed by atoms with E-state index in [1.807, 2.05) is 4.57 Å². The van der Waals surface area contributed by atoms with Crippen molar-refractivity contribution >= 4 is 11.8 Å². The summed E-state index contributed by atoms with van der Waals surface area (Å²) in [5.74, 6) is 0.0403. The fourth-order valence-electron chi connectivity index (χ4n) is 4.31. The first-order chi connectivity index (χ1) is 12.7. The first-order valence-corrected chi connectivity index (χ1v) is 10.0. The zero-order chi connectivity index (χ0) is 17.9. The van der Waals surface area contributed by atoms with Gasteiger partial charge in [0.05, 0.1) is 11.8 Å². The Kier molecular flexibility index (Phi) is 5.24. The molecular formula is C19H28N4O3. The minimum absolute atomic E-state index is 0.0971. The Balaban J connectivity index is 1.49.